The molecule has 31 heavy (non-hydrogen) atoms. The van der Waals surface area contributed by atoms with E-state index in [-0.39, 0.29) is 24.3 Å². The van der Waals surface area contributed by atoms with Crippen molar-refractivity contribution in [3.05, 3.63) is 47.7 Å². The summed E-state index contributed by atoms with van der Waals surface area (Å²) in [5.74, 6) is 0.520. The minimum atomic E-state index is -0.222. The number of halogens is 1. The summed E-state index contributed by atoms with van der Waals surface area (Å²) in [4.78, 5) is 26.3. The van der Waals surface area contributed by atoms with Crippen molar-refractivity contribution in [2.45, 2.75) is 25.4 Å². The second-order valence-electron chi connectivity index (χ2n) is 7.89. The van der Waals surface area contributed by atoms with Gasteiger partial charge in [0.1, 0.15) is 18.1 Å². The molecule has 0 bridgehead atoms. The fourth-order valence-corrected chi connectivity index (χ4v) is 3.88. The van der Waals surface area contributed by atoms with E-state index in [1.54, 1.807) is 6.07 Å². The highest BCUT2D eigenvalue weighted by Crippen LogP contribution is 2.20. The van der Waals surface area contributed by atoms with Crippen LogP contribution in [0, 0.1) is 0 Å². The third-order valence-electron chi connectivity index (χ3n) is 5.74. The number of anilines is 1. The first kappa shape index (κ1) is 23.2. The Labute approximate surface area is 189 Å². The highest BCUT2D eigenvalue weighted by molar-refractivity contribution is 5.93. The Morgan fingerprint density at radius 3 is 2.68 bits per heavy atom. The molecule has 1 aromatic heterocycles. The fourth-order valence-electron chi connectivity index (χ4n) is 3.88. The molecule has 2 fully saturated rings. The largest absolute Gasteiger partial charge is 0.462 e. The molecule has 2 N–H and O–H groups in total. The molecule has 3 heterocycles. The Balaban J connectivity index is 0.00000272. The summed E-state index contributed by atoms with van der Waals surface area (Å²) in [6.45, 7) is 5.54. The monoisotopic (exact) mass is 446 g/mol. The Bertz CT molecular complexity index is 847. The molecule has 2 aromatic rings. The molecule has 8 nitrogen and oxygen atoms in total. The van der Waals surface area contributed by atoms with E-state index in [1.807, 2.05) is 30.3 Å². The summed E-state index contributed by atoms with van der Waals surface area (Å²) >= 11 is 0. The Morgan fingerprint density at radius 2 is 1.97 bits per heavy atom. The number of carbonyl (C=O) groups is 1. The van der Waals surface area contributed by atoms with Crippen molar-refractivity contribution >= 4 is 24.1 Å². The van der Waals surface area contributed by atoms with Crippen LogP contribution >= 0.6 is 12.4 Å². The SMILES string of the molecule is CN1CCC[C@H]1COc1nc(C(=O)NCc2ccccc2)cc(N2CCNCC2)n1.Cl. The number of likely N-dealkylation sites (tertiary alicyclic amines) is 1. The van der Waals surface area contributed by atoms with Crippen LogP contribution in [0.4, 0.5) is 5.82 Å². The summed E-state index contributed by atoms with van der Waals surface area (Å²) in [7, 11) is 2.11. The molecule has 0 radical (unpaired) electrons. The normalized spacial score (nSPS) is 19.0. The maximum atomic E-state index is 12.8. The molecule has 2 aliphatic heterocycles. The van der Waals surface area contributed by atoms with E-state index in [2.05, 4.69) is 37.4 Å². The zero-order valence-corrected chi connectivity index (χ0v) is 18.7. The number of aromatic nitrogens is 2. The molecule has 0 unspecified atom stereocenters. The van der Waals surface area contributed by atoms with Gasteiger partial charge in [0.2, 0.25) is 0 Å². The molecule has 1 amide bonds. The predicted octanol–water partition coefficient (Wildman–Crippen LogP) is 1.71. The van der Waals surface area contributed by atoms with E-state index >= 15 is 0 Å². The lowest BCUT2D eigenvalue weighted by Crippen LogP contribution is -2.44. The fraction of sp³-hybridized carbons (Fsp3) is 0.500. The average Bonchev–Trinajstić information content (AvgIpc) is 3.22. The van der Waals surface area contributed by atoms with Crippen LogP contribution in [0.1, 0.15) is 28.9 Å². The number of rotatable bonds is 7. The van der Waals surface area contributed by atoms with E-state index in [9.17, 15) is 4.79 Å². The smallest absolute Gasteiger partial charge is 0.319 e. The summed E-state index contributed by atoms with van der Waals surface area (Å²) < 4.78 is 5.96. The first-order valence-corrected chi connectivity index (χ1v) is 10.7. The molecule has 168 valence electrons. The lowest BCUT2D eigenvalue weighted by molar-refractivity contribution is 0.0943. The zero-order chi connectivity index (χ0) is 20.8. The van der Waals surface area contributed by atoms with Gasteiger partial charge < -0.3 is 25.2 Å². The number of likely N-dealkylation sites (N-methyl/N-ethyl adjacent to an activating group) is 1. The van der Waals surface area contributed by atoms with Gasteiger partial charge in [-0.1, -0.05) is 30.3 Å². The van der Waals surface area contributed by atoms with E-state index in [1.165, 1.54) is 6.42 Å². The summed E-state index contributed by atoms with van der Waals surface area (Å²) in [6.07, 6.45) is 2.29. The molecule has 2 aliphatic rings. The van der Waals surface area contributed by atoms with Crippen molar-refractivity contribution in [2.24, 2.45) is 0 Å². The topological polar surface area (TPSA) is 82.6 Å². The quantitative estimate of drug-likeness (QED) is 0.669. The molecule has 0 aliphatic carbocycles. The second-order valence-corrected chi connectivity index (χ2v) is 7.89. The summed E-state index contributed by atoms with van der Waals surface area (Å²) in [5.41, 5.74) is 1.38. The third-order valence-corrected chi connectivity index (χ3v) is 5.74. The molecule has 1 atom stereocenters. The number of nitrogens with zero attached hydrogens (tertiary/aromatic N) is 4. The van der Waals surface area contributed by atoms with Crippen molar-refractivity contribution in [1.29, 1.82) is 0 Å². The van der Waals surface area contributed by atoms with Gasteiger partial charge in [-0.05, 0) is 32.0 Å². The van der Waals surface area contributed by atoms with Gasteiger partial charge in [0.05, 0.1) is 0 Å². The lowest BCUT2D eigenvalue weighted by atomic mass is 10.2. The van der Waals surface area contributed by atoms with Gasteiger partial charge in [0.15, 0.2) is 0 Å². The number of piperazine rings is 1. The van der Waals surface area contributed by atoms with E-state index in [0.29, 0.717) is 24.9 Å². The van der Waals surface area contributed by atoms with E-state index in [0.717, 1.165) is 50.5 Å². The number of carbonyl (C=O) groups excluding carboxylic acids is 1. The Morgan fingerprint density at radius 1 is 1.19 bits per heavy atom. The van der Waals surface area contributed by atoms with Crippen LogP contribution in [0.25, 0.3) is 0 Å². The number of hydrogen-bond acceptors (Lipinski definition) is 7. The number of benzene rings is 1. The number of ether oxygens (including phenoxy) is 1. The van der Waals surface area contributed by atoms with Gasteiger partial charge in [0, 0.05) is 44.8 Å². The second kappa shape index (κ2) is 11.3. The first-order chi connectivity index (χ1) is 14.7. The maximum absolute atomic E-state index is 12.8. The zero-order valence-electron chi connectivity index (χ0n) is 17.9. The minimum Gasteiger partial charge on any atom is -0.462 e. The number of nitrogens with one attached hydrogen (secondary N) is 2. The lowest BCUT2D eigenvalue weighted by Gasteiger charge is -2.28. The highest BCUT2D eigenvalue weighted by Gasteiger charge is 2.23. The van der Waals surface area contributed by atoms with Crippen LogP contribution in [0.15, 0.2) is 36.4 Å². The summed E-state index contributed by atoms with van der Waals surface area (Å²) in [5, 5.41) is 6.29. The maximum Gasteiger partial charge on any atom is 0.319 e. The van der Waals surface area contributed by atoms with Crippen molar-refractivity contribution in [1.82, 2.24) is 25.5 Å². The Hall–Kier alpha value is -2.42. The van der Waals surface area contributed by atoms with Crippen molar-refractivity contribution in [3.63, 3.8) is 0 Å². The van der Waals surface area contributed by atoms with Gasteiger partial charge in [-0.2, -0.15) is 9.97 Å². The molecule has 4 rings (SSSR count). The average molecular weight is 447 g/mol. The van der Waals surface area contributed by atoms with Crippen LogP contribution in [0.3, 0.4) is 0 Å². The van der Waals surface area contributed by atoms with E-state index < -0.39 is 0 Å². The van der Waals surface area contributed by atoms with Gasteiger partial charge in [-0.15, -0.1) is 12.4 Å². The molecule has 1 aromatic carbocycles. The van der Waals surface area contributed by atoms with Crippen LogP contribution in [0.2, 0.25) is 0 Å². The van der Waals surface area contributed by atoms with Gasteiger partial charge in [-0.25, -0.2) is 0 Å². The standard InChI is InChI=1S/C22H30N6O2.ClH/c1-27-11-5-8-18(27)16-30-22-25-19(14-20(26-22)28-12-9-23-10-13-28)21(29)24-15-17-6-3-2-4-7-17;/h2-4,6-7,14,18,23H,5,8-13,15-16H2,1H3,(H,24,29);1H/t18-;/m0./s1. The van der Waals surface area contributed by atoms with Gasteiger partial charge >= 0.3 is 6.01 Å². The van der Waals surface area contributed by atoms with Crippen LogP contribution in [-0.2, 0) is 6.54 Å². The van der Waals surface area contributed by atoms with Crippen LogP contribution in [-0.4, -0.2) is 73.2 Å². The van der Waals surface area contributed by atoms with Crippen molar-refractivity contribution < 1.29 is 9.53 Å². The van der Waals surface area contributed by atoms with Crippen molar-refractivity contribution in [2.75, 3.05) is 51.3 Å². The minimum absolute atomic E-state index is 0. The van der Waals surface area contributed by atoms with E-state index in [4.69, 9.17) is 4.74 Å². The molecular weight excluding hydrogens is 416 g/mol. The van der Waals surface area contributed by atoms with Gasteiger partial charge in [-0.3, -0.25) is 4.79 Å². The molecule has 2 saturated heterocycles. The number of hydrogen-bond donors (Lipinski definition) is 2. The Kier molecular flexibility index (Phi) is 8.45. The van der Waals surface area contributed by atoms with Gasteiger partial charge in [0.25, 0.3) is 5.91 Å². The third kappa shape index (κ3) is 6.29. The highest BCUT2D eigenvalue weighted by atomic mass is 35.5. The molecule has 0 spiro atoms. The van der Waals surface area contributed by atoms with Crippen LogP contribution in [0.5, 0.6) is 6.01 Å². The van der Waals surface area contributed by atoms with Crippen molar-refractivity contribution in [3.8, 4) is 6.01 Å². The number of amides is 1. The van der Waals surface area contributed by atoms with Crippen LogP contribution < -0.4 is 20.3 Å². The summed E-state index contributed by atoms with van der Waals surface area (Å²) in [6, 6.07) is 12.3. The molecule has 9 heteroatoms. The first-order valence-electron chi connectivity index (χ1n) is 10.7. The molecule has 0 saturated carbocycles. The molecular formula is C22H31ClN6O2. The predicted molar refractivity (Wildman–Crippen MR) is 123 cm³/mol.